The Balaban J connectivity index is 2.48. The molecule has 0 aliphatic rings. The van der Waals surface area contributed by atoms with E-state index < -0.39 is 17.3 Å². The maximum Gasteiger partial charge on any atom is 0.416 e. The fourth-order valence-electron chi connectivity index (χ4n) is 2.59. The van der Waals surface area contributed by atoms with Crippen molar-refractivity contribution in [3.8, 4) is 11.1 Å². The second kappa shape index (κ2) is 6.07. The molecule has 25 heavy (non-hydrogen) atoms. The molecular formula is C17H13ClF3N3O. The third kappa shape index (κ3) is 3.07. The number of benzene rings is 1. The zero-order valence-electron chi connectivity index (χ0n) is 13.3. The Labute approximate surface area is 146 Å². The molecule has 0 spiro atoms. The molecule has 0 aliphatic heterocycles. The van der Waals surface area contributed by atoms with Crippen molar-refractivity contribution in [2.75, 3.05) is 19.0 Å². The summed E-state index contributed by atoms with van der Waals surface area (Å²) in [5.74, 6) is 0.226. The van der Waals surface area contributed by atoms with Crippen LogP contribution in [0.15, 0.2) is 47.4 Å². The van der Waals surface area contributed by atoms with Gasteiger partial charge in [0.2, 0.25) is 5.95 Å². The molecule has 0 fully saturated rings. The molecule has 8 heteroatoms. The number of nitrogens with zero attached hydrogens (tertiary/aromatic N) is 3. The summed E-state index contributed by atoms with van der Waals surface area (Å²) in [6.07, 6.45) is -3.28. The number of halogens is 4. The minimum absolute atomic E-state index is 0.0299. The number of hydrogen-bond donors (Lipinski definition) is 0. The van der Waals surface area contributed by atoms with Gasteiger partial charge in [0.05, 0.1) is 16.6 Å². The average Bonchev–Trinajstić information content (AvgIpc) is 2.53. The summed E-state index contributed by atoms with van der Waals surface area (Å²) < 4.78 is 40.9. The lowest BCUT2D eigenvalue weighted by Gasteiger charge is -2.18. The molecule has 0 saturated heterocycles. The Bertz CT molecular complexity index is 1010. The highest BCUT2D eigenvalue weighted by atomic mass is 35.5. The highest BCUT2D eigenvalue weighted by Crippen LogP contribution is 2.34. The molecule has 3 rings (SSSR count). The summed E-state index contributed by atoms with van der Waals surface area (Å²) in [4.78, 5) is 18.1. The smallest absolute Gasteiger partial charge is 0.348 e. The molecule has 0 aliphatic carbocycles. The molecule has 3 aromatic rings. The number of hydrogen-bond acceptors (Lipinski definition) is 3. The number of fused-ring (bicyclic) bond motifs is 1. The summed E-state index contributed by atoms with van der Waals surface area (Å²) in [6, 6.07) is 8.37. The first-order valence-electron chi connectivity index (χ1n) is 7.26. The lowest BCUT2D eigenvalue weighted by atomic mass is 10.0. The molecule has 0 saturated carbocycles. The highest BCUT2D eigenvalue weighted by molar-refractivity contribution is 6.33. The van der Waals surface area contributed by atoms with Crippen LogP contribution in [0.5, 0.6) is 0 Å². The molecule has 2 heterocycles. The van der Waals surface area contributed by atoms with Gasteiger partial charge in [-0.25, -0.2) is 0 Å². The second-order valence-electron chi connectivity index (χ2n) is 5.63. The zero-order valence-corrected chi connectivity index (χ0v) is 14.1. The van der Waals surface area contributed by atoms with E-state index >= 15 is 0 Å². The quantitative estimate of drug-likeness (QED) is 0.684. The van der Waals surface area contributed by atoms with Crippen molar-refractivity contribution in [3.05, 3.63) is 63.5 Å². The first-order valence-corrected chi connectivity index (χ1v) is 7.64. The molecular weight excluding hydrogens is 355 g/mol. The largest absolute Gasteiger partial charge is 0.416 e. The van der Waals surface area contributed by atoms with Gasteiger partial charge in [0, 0.05) is 30.9 Å². The Hall–Kier alpha value is -2.54. The van der Waals surface area contributed by atoms with Crippen LogP contribution in [0.1, 0.15) is 5.56 Å². The number of pyridine rings is 1. The molecule has 0 radical (unpaired) electrons. The van der Waals surface area contributed by atoms with Crippen LogP contribution in [0, 0.1) is 0 Å². The number of aromatic nitrogens is 2. The molecule has 2 aromatic heterocycles. The third-order valence-corrected chi connectivity index (χ3v) is 4.04. The Morgan fingerprint density at radius 3 is 2.44 bits per heavy atom. The fourth-order valence-corrected chi connectivity index (χ4v) is 2.82. The van der Waals surface area contributed by atoms with Gasteiger partial charge in [-0.2, -0.15) is 18.2 Å². The molecule has 130 valence electrons. The van der Waals surface area contributed by atoms with Crippen LogP contribution in [0.4, 0.5) is 19.1 Å². The van der Waals surface area contributed by atoms with Gasteiger partial charge in [-0.1, -0.05) is 29.8 Å². The van der Waals surface area contributed by atoms with Crippen molar-refractivity contribution in [1.82, 2.24) is 9.38 Å². The molecule has 1 aromatic carbocycles. The summed E-state index contributed by atoms with van der Waals surface area (Å²) in [5, 5.41) is 0.262. The van der Waals surface area contributed by atoms with E-state index in [2.05, 4.69) is 4.98 Å². The Kier molecular flexibility index (Phi) is 4.20. The molecule has 4 nitrogen and oxygen atoms in total. The maximum absolute atomic E-state index is 13.1. The van der Waals surface area contributed by atoms with Crippen LogP contribution in [-0.2, 0) is 6.18 Å². The normalized spacial score (nSPS) is 11.8. The van der Waals surface area contributed by atoms with Gasteiger partial charge < -0.3 is 4.90 Å². The summed E-state index contributed by atoms with van der Waals surface area (Å²) in [6.45, 7) is 0. The zero-order chi connectivity index (χ0) is 18.4. The van der Waals surface area contributed by atoms with E-state index in [4.69, 9.17) is 11.6 Å². The topological polar surface area (TPSA) is 37.6 Å². The molecule has 0 bridgehead atoms. The van der Waals surface area contributed by atoms with E-state index in [1.165, 1.54) is 10.6 Å². The first-order chi connectivity index (χ1) is 11.7. The molecule has 0 N–H and O–H groups in total. The predicted octanol–water partition coefficient (Wildman–Crippen LogP) is 4.10. The van der Waals surface area contributed by atoms with Gasteiger partial charge in [-0.15, -0.1) is 0 Å². The minimum atomic E-state index is -4.53. The van der Waals surface area contributed by atoms with Crippen LogP contribution in [-0.4, -0.2) is 23.5 Å². The van der Waals surface area contributed by atoms with E-state index in [0.29, 0.717) is 5.56 Å². The number of anilines is 1. The lowest BCUT2D eigenvalue weighted by Crippen LogP contribution is -2.23. The van der Waals surface area contributed by atoms with Gasteiger partial charge in [0.25, 0.3) is 5.56 Å². The molecule has 0 atom stereocenters. The van der Waals surface area contributed by atoms with Gasteiger partial charge in [-0.3, -0.25) is 9.20 Å². The summed E-state index contributed by atoms with van der Waals surface area (Å²) in [5.41, 5.74) is -1.04. The average molecular weight is 368 g/mol. The minimum Gasteiger partial charge on any atom is -0.348 e. The monoisotopic (exact) mass is 367 g/mol. The fraction of sp³-hybridized carbons (Fsp3) is 0.176. The first kappa shape index (κ1) is 17.3. The van der Waals surface area contributed by atoms with Gasteiger partial charge in [0.15, 0.2) is 0 Å². The van der Waals surface area contributed by atoms with Crippen molar-refractivity contribution in [3.63, 3.8) is 0 Å². The van der Waals surface area contributed by atoms with E-state index in [1.807, 2.05) is 0 Å². The van der Waals surface area contributed by atoms with Gasteiger partial charge >= 0.3 is 6.18 Å². The van der Waals surface area contributed by atoms with E-state index in [0.717, 1.165) is 12.1 Å². The highest BCUT2D eigenvalue weighted by Gasteiger charge is 2.31. The number of rotatable bonds is 2. The Morgan fingerprint density at radius 1 is 1.16 bits per heavy atom. The standard InChI is InChI=1S/C17H13ClF3N3O/c1-23(2)16-22-15(25)14(11-5-3-4-6-12(11)18)13-9-10(17(19,20)21)7-8-24(13)16/h3-9H,1-2H3. The third-order valence-electron chi connectivity index (χ3n) is 3.71. The van der Waals surface area contributed by atoms with Gasteiger partial charge in [0.1, 0.15) is 0 Å². The SMILES string of the molecule is CN(C)c1nc(=O)c(-c2ccccc2Cl)c2cc(C(F)(F)F)ccn12. The summed E-state index contributed by atoms with van der Waals surface area (Å²) >= 11 is 6.15. The van der Waals surface area contributed by atoms with Crippen molar-refractivity contribution in [2.45, 2.75) is 6.18 Å². The van der Waals surface area contributed by atoms with Crippen LogP contribution < -0.4 is 10.5 Å². The lowest BCUT2D eigenvalue weighted by molar-refractivity contribution is -0.137. The Morgan fingerprint density at radius 2 is 1.84 bits per heavy atom. The van der Waals surface area contributed by atoms with Gasteiger partial charge in [-0.05, 0) is 18.2 Å². The second-order valence-corrected chi connectivity index (χ2v) is 6.04. The van der Waals surface area contributed by atoms with Crippen LogP contribution in [0.2, 0.25) is 5.02 Å². The summed E-state index contributed by atoms with van der Waals surface area (Å²) in [7, 11) is 3.31. The maximum atomic E-state index is 13.1. The van der Waals surface area contributed by atoms with E-state index in [9.17, 15) is 18.0 Å². The van der Waals surface area contributed by atoms with E-state index in [1.54, 1.807) is 43.3 Å². The van der Waals surface area contributed by atoms with E-state index in [-0.39, 0.29) is 22.1 Å². The van der Waals surface area contributed by atoms with Crippen LogP contribution in [0.25, 0.3) is 16.6 Å². The number of alkyl halides is 3. The van der Waals surface area contributed by atoms with Crippen LogP contribution in [0.3, 0.4) is 0 Å². The van der Waals surface area contributed by atoms with Crippen molar-refractivity contribution >= 4 is 23.1 Å². The molecule has 0 amide bonds. The van der Waals surface area contributed by atoms with Crippen molar-refractivity contribution in [1.29, 1.82) is 0 Å². The van der Waals surface area contributed by atoms with Crippen molar-refractivity contribution < 1.29 is 13.2 Å². The molecule has 0 unspecified atom stereocenters. The van der Waals surface area contributed by atoms with Crippen molar-refractivity contribution in [2.24, 2.45) is 0 Å². The predicted molar refractivity (Wildman–Crippen MR) is 91.2 cm³/mol. The van der Waals surface area contributed by atoms with Crippen LogP contribution >= 0.6 is 11.6 Å².